The minimum atomic E-state index is -0.610. The first-order valence-electron chi connectivity index (χ1n) is 7.96. The van der Waals surface area contributed by atoms with E-state index in [1.165, 1.54) is 18.1 Å². The van der Waals surface area contributed by atoms with Crippen molar-refractivity contribution >= 4 is 23.7 Å². The molecule has 0 aliphatic carbocycles. The van der Waals surface area contributed by atoms with E-state index in [2.05, 4.69) is 9.72 Å². The van der Waals surface area contributed by atoms with Gasteiger partial charge >= 0.3 is 12.1 Å². The molecule has 0 saturated carbocycles. The van der Waals surface area contributed by atoms with Gasteiger partial charge in [0.1, 0.15) is 17.8 Å². The summed E-state index contributed by atoms with van der Waals surface area (Å²) in [4.78, 5) is 43.2. The Morgan fingerprint density at radius 2 is 1.88 bits per heavy atom. The van der Waals surface area contributed by atoms with Gasteiger partial charge in [0.05, 0.1) is 18.5 Å². The van der Waals surface area contributed by atoms with Crippen molar-refractivity contribution in [3.8, 4) is 0 Å². The molecule has 1 fully saturated rings. The molecule has 0 aromatic carbocycles. The normalized spacial score (nSPS) is 15.2. The number of rotatable bonds is 2. The van der Waals surface area contributed by atoms with Crippen LogP contribution in [-0.2, 0) is 14.3 Å². The van der Waals surface area contributed by atoms with Gasteiger partial charge in [0.25, 0.3) is 0 Å². The number of amides is 2. The summed E-state index contributed by atoms with van der Waals surface area (Å²) in [5, 5.41) is 0. The van der Waals surface area contributed by atoms with Gasteiger partial charge in [0, 0.05) is 13.1 Å². The molecule has 1 aliphatic rings. The van der Waals surface area contributed by atoms with E-state index in [4.69, 9.17) is 4.74 Å². The molecule has 0 N–H and O–H groups in total. The second-order valence-electron chi connectivity index (χ2n) is 6.74. The predicted molar refractivity (Wildman–Crippen MR) is 90.5 cm³/mol. The lowest BCUT2D eigenvalue weighted by molar-refractivity contribution is -0.121. The summed E-state index contributed by atoms with van der Waals surface area (Å²) in [6, 6.07) is 3.18. The van der Waals surface area contributed by atoms with Crippen molar-refractivity contribution in [2.24, 2.45) is 0 Å². The van der Waals surface area contributed by atoms with Crippen molar-refractivity contribution in [1.82, 2.24) is 9.88 Å². The lowest BCUT2D eigenvalue weighted by atomic mass is 10.2. The number of aryl methyl sites for hydroxylation is 1. The Labute approximate surface area is 146 Å². The van der Waals surface area contributed by atoms with Crippen LogP contribution in [-0.4, -0.2) is 60.2 Å². The Balaban J connectivity index is 2.10. The quantitative estimate of drug-likeness (QED) is 0.756. The highest BCUT2D eigenvalue weighted by molar-refractivity contribution is 5.98. The molecular weight excluding hydrogens is 326 g/mol. The van der Waals surface area contributed by atoms with Gasteiger partial charge in [0.2, 0.25) is 5.91 Å². The first kappa shape index (κ1) is 18.7. The molecule has 2 rings (SSSR count). The molecule has 2 amide bonds. The van der Waals surface area contributed by atoms with Crippen LogP contribution in [0.25, 0.3) is 0 Å². The number of hydrogen-bond acceptors (Lipinski definition) is 6. The van der Waals surface area contributed by atoms with E-state index in [0.29, 0.717) is 24.5 Å². The maximum Gasteiger partial charge on any atom is 0.410 e. The predicted octanol–water partition coefficient (Wildman–Crippen LogP) is 1.76. The summed E-state index contributed by atoms with van der Waals surface area (Å²) in [5.41, 5.74) is 0.730. The number of methoxy groups -OCH3 is 1. The third-order valence-electron chi connectivity index (χ3n) is 3.62. The molecule has 0 bridgehead atoms. The summed E-state index contributed by atoms with van der Waals surface area (Å²) < 4.78 is 9.94. The summed E-state index contributed by atoms with van der Waals surface area (Å²) in [7, 11) is 1.28. The Bertz CT molecular complexity index is 696. The Kier molecular flexibility index (Phi) is 5.30. The van der Waals surface area contributed by atoms with Gasteiger partial charge in [-0.1, -0.05) is 0 Å². The molecule has 0 atom stereocenters. The van der Waals surface area contributed by atoms with Crippen LogP contribution in [0.4, 0.5) is 10.5 Å². The topological polar surface area (TPSA) is 89.0 Å². The number of carbonyl (C=O) groups is 3. The summed E-state index contributed by atoms with van der Waals surface area (Å²) in [6.07, 6.45) is -0.503. The zero-order chi connectivity index (χ0) is 18.8. The van der Waals surface area contributed by atoms with E-state index in [1.54, 1.807) is 38.7 Å². The van der Waals surface area contributed by atoms with Crippen molar-refractivity contribution in [3.63, 3.8) is 0 Å². The van der Waals surface area contributed by atoms with E-state index >= 15 is 0 Å². The molecule has 8 nitrogen and oxygen atoms in total. The molecule has 0 spiro atoms. The fourth-order valence-electron chi connectivity index (χ4n) is 2.47. The molecular formula is C17H23N3O5. The van der Waals surface area contributed by atoms with Gasteiger partial charge < -0.3 is 14.4 Å². The highest BCUT2D eigenvalue weighted by Gasteiger charge is 2.31. The number of carbonyl (C=O) groups excluding carboxylic acids is 3. The average molecular weight is 349 g/mol. The van der Waals surface area contributed by atoms with Crippen LogP contribution in [0.5, 0.6) is 0 Å². The average Bonchev–Trinajstić information content (AvgIpc) is 2.52. The highest BCUT2D eigenvalue weighted by atomic mass is 16.6. The second kappa shape index (κ2) is 7.08. The van der Waals surface area contributed by atoms with E-state index in [0.717, 1.165) is 0 Å². The molecule has 8 heteroatoms. The van der Waals surface area contributed by atoms with Crippen LogP contribution in [0.3, 0.4) is 0 Å². The first-order valence-corrected chi connectivity index (χ1v) is 7.96. The van der Waals surface area contributed by atoms with Gasteiger partial charge in [0.15, 0.2) is 0 Å². The van der Waals surface area contributed by atoms with Gasteiger partial charge in [-0.25, -0.2) is 14.6 Å². The van der Waals surface area contributed by atoms with Crippen LogP contribution in [0.2, 0.25) is 0 Å². The largest absolute Gasteiger partial charge is 0.464 e. The Morgan fingerprint density at radius 3 is 2.40 bits per heavy atom. The number of aromatic nitrogens is 1. The first-order chi connectivity index (χ1) is 11.6. The lowest BCUT2D eigenvalue weighted by Gasteiger charge is -2.35. The fraction of sp³-hybridized carbons (Fsp3) is 0.529. The third-order valence-corrected chi connectivity index (χ3v) is 3.62. The van der Waals surface area contributed by atoms with Gasteiger partial charge in [-0.2, -0.15) is 0 Å². The minimum absolute atomic E-state index is 0.0624. The van der Waals surface area contributed by atoms with Gasteiger partial charge in [-0.15, -0.1) is 0 Å². The fourth-order valence-corrected chi connectivity index (χ4v) is 2.47. The van der Waals surface area contributed by atoms with Crippen LogP contribution in [0.1, 0.15) is 37.0 Å². The number of pyridine rings is 1. The maximum atomic E-state index is 12.5. The molecule has 0 radical (unpaired) electrons. The zero-order valence-corrected chi connectivity index (χ0v) is 15.2. The third kappa shape index (κ3) is 4.46. The van der Waals surface area contributed by atoms with Gasteiger partial charge in [-0.3, -0.25) is 9.69 Å². The van der Waals surface area contributed by atoms with Crippen LogP contribution in [0.15, 0.2) is 12.1 Å². The maximum absolute atomic E-state index is 12.5. The number of anilines is 1. The number of esters is 1. The highest BCUT2D eigenvalue weighted by Crippen LogP contribution is 2.22. The number of hydrogen-bond donors (Lipinski definition) is 0. The minimum Gasteiger partial charge on any atom is -0.464 e. The van der Waals surface area contributed by atoms with Gasteiger partial charge in [-0.05, 0) is 39.8 Å². The Morgan fingerprint density at radius 1 is 1.20 bits per heavy atom. The smallest absolute Gasteiger partial charge is 0.410 e. The summed E-state index contributed by atoms with van der Waals surface area (Å²) in [5.74, 6) is -0.761. The van der Waals surface area contributed by atoms with E-state index in [1.807, 2.05) is 0 Å². The van der Waals surface area contributed by atoms with Crippen molar-refractivity contribution in [2.75, 3.05) is 31.6 Å². The molecule has 0 unspecified atom stereocenters. The molecule has 1 saturated heterocycles. The second-order valence-corrected chi connectivity index (χ2v) is 6.74. The molecule has 25 heavy (non-hydrogen) atoms. The molecule has 1 aliphatic heterocycles. The van der Waals surface area contributed by atoms with Crippen LogP contribution >= 0.6 is 0 Å². The standard InChI is InChI=1S/C17H23N3O5/c1-11-13(7-6-12(18-11)15(22)24-5)20-9-8-19(10-14(20)21)16(23)25-17(2,3)4/h6-7H,8-10H2,1-5H3. The van der Waals surface area contributed by atoms with E-state index in [9.17, 15) is 14.4 Å². The number of ether oxygens (including phenoxy) is 2. The lowest BCUT2D eigenvalue weighted by Crippen LogP contribution is -2.53. The number of nitrogens with zero attached hydrogens (tertiary/aromatic N) is 3. The monoisotopic (exact) mass is 349 g/mol. The SMILES string of the molecule is COC(=O)c1ccc(N2CCN(C(=O)OC(C)(C)C)CC2=O)c(C)n1. The van der Waals surface area contributed by atoms with Crippen molar-refractivity contribution in [3.05, 3.63) is 23.5 Å². The summed E-state index contributed by atoms with van der Waals surface area (Å²) in [6.45, 7) is 7.68. The Hall–Kier alpha value is -2.64. The zero-order valence-electron chi connectivity index (χ0n) is 15.2. The molecule has 2 heterocycles. The molecule has 1 aromatic heterocycles. The van der Waals surface area contributed by atoms with E-state index in [-0.39, 0.29) is 18.1 Å². The van der Waals surface area contributed by atoms with E-state index < -0.39 is 17.7 Å². The molecule has 136 valence electrons. The molecule has 1 aromatic rings. The van der Waals surface area contributed by atoms with Crippen molar-refractivity contribution in [2.45, 2.75) is 33.3 Å². The van der Waals surface area contributed by atoms with Crippen molar-refractivity contribution < 1.29 is 23.9 Å². The number of piperazine rings is 1. The summed E-state index contributed by atoms with van der Waals surface area (Å²) >= 11 is 0. The van der Waals surface area contributed by atoms with Crippen LogP contribution in [0, 0.1) is 6.92 Å². The van der Waals surface area contributed by atoms with Crippen LogP contribution < -0.4 is 4.90 Å². The van der Waals surface area contributed by atoms with Crippen molar-refractivity contribution in [1.29, 1.82) is 0 Å².